The largest absolute Gasteiger partial charge is 0.397 e. The topological polar surface area (TPSA) is 98.6 Å². The summed E-state index contributed by atoms with van der Waals surface area (Å²) in [5, 5.41) is 5.03. The molecule has 0 aliphatic rings. The molecule has 1 rings (SSSR count). The van der Waals surface area contributed by atoms with Crippen LogP contribution in [0.15, 0.2) is 23.1 Å². The van der Waals surface area contributed by atoms with Crippen molar-refractivity contribution in [3.63, 3.8) is 0 Å². The molecule has 1 aromatic carbocycles. The fourth-order valence-corrected chi connectivity index (χ4v) is 2.07. The molecule has 0 aromatic heterocycles. The van der Waals surface area contributed by atoms with Crippen molar-refractivity contribution in [3.8, 4) is 0 Å². The molecular weight excluding hydrogens is 254 g/mol. The van der Waals surface area contributed by atoms with Gasteiger partial charge in [-0.3, -0.25) is 0 Å². The third-order valence-corrected chi connectivity index (χ3v) is 3.42. The van der Waals surface area contributed by atoms with Crippen molar-refractivity contribution in [2.24, 2.45) is 5.14 Å². The lowest BCUT2D eigenvalue weighted by atomic mass is 10.2. The van der Waals surface area contributed by atoms with E-state index in [0.717, 1.165) is 5.69 Å². The second kappa shape index (κ2) is 6.03. The predicted molar refractivity (Wildman–Crippen MR) is 72.0 cm³/mol. The molecule has 0 radical (unpaired) electrons. The number of likely N-dealkylation sites (N-methyl/N-ethyl adjacent to an activating group) is 1. The Balaban J connectivity index is 2.85. The highest BCUT2D eigenvalue weighted by molar-refractivity contribution is 7.89. The highest BCUT2D eigenvalue weighted by Gasteiger charge is 2.11. The summed E-state index contributed by atoms with van der Waals surface area (Å²) in [6, 6.07) is 4.45. The van der Waals surface area contributed by atoms with Gasteiger partial charge in [0.1, 0.15) is 0 Å². The number of benzene rings is 1. The molecule has 4 N–H and O–H groups in total. The summed E-state index contributed by atoms with van der Waals surface area (Å²) in [6.45, 7) is 3.85. The van der Waals surface area contributed by atoms with Crippen LogP contribution in [-0.4, -0.2) is 35.2 Å². The van der Waals surface area contributed by atoms with Crippen LogP contribution >= 0.6 is 0 Å². The smallest absolute Gasteiger partial charge is 0.238 e. The number of hydrogen-bond acceptors (Lipinski definition) is 5. The van der Waals surface area contributed by atoms with E-state index in [-0.39, 0.29) is 4.90 Å². The summed E-state index contributed by atoms with van der Waals surface area (Å²) in [4.78, 5) is 1.92. The number of nitrogen functional groups attached to an aromatic ring is 1. The molecule has 0 saturated carbocycles. The molecule has 6 nitrogen and oxygen atoms in total. The molecule has 0 unspecified atom stereocenters. The predicted octanol–water partition coefficient (Wildman–Crippen LogP) is 0.389. The Hall–Kier alpha value is -1.31. The Bertz CT molecular complexity index is 502. The number of hydrogen-bond donors (Lipinski definition) is 2. The van der Waals surface area contributed by atoms with Crippen LogP contribution in [0.3, 0.4) is 0 Å². The standard InChI is InChI=1S/C11H19N3O3S/c1-3-17-7-6-14(2)11-5-4-9(8-10(11)12)18(13,15)16/h4-5,8H,3,6-7,12H2,1-2H3,(H2,13,15,16). The number of nitrogens with two attached hydrogens (primary N) is 2. The fraction of sp³-hybridized carbons (Fsp3) is 0.455. The quantitative estimate of drug-likeness (QED) is 0.577. The second-order valence-electron chi connectivity index (χ2n) is 3.88. The van der Waals surface area contributed by atoms with Gasteiger partial charge in [0.15, 0.2) is 0 Å². The van der Waals surface area contributed by atoms with E-state index in [1.807, 2.05) is 18.9 Å². The normalized spacial score (nSPS) is 11.5. The molecule has 0 aliphatic carbocycles. The van der Waals surface area contributed by atoms with Gasteiger partial charge in [-0.1, -0.05) is 0 Å². The first kappa shape index (κ1) is 14.7. The Morgan fingerprint density at radius 2 is 2.06 bits per heavy atom. The fourth-order valence-electron chi connectivity index (χ4n) is 1.52. The summed E-state index contributed by atoms with van der Waals surface area (Å²) in [5.74, 6) is 0. The van der Waals surface area contributed by atoms with E-state index < -0.39 is 10.0 Å². The Labute approximate surface area is 108 Å². The second-order valence-corrected chi connectivity index (χ2v) is 5.45. The van der Waals surface area contributed by atoms with Gasteiger partial charge in [0.05, 0.1) is 22.9 Å². The van der Waals surface area contributed by atoms with Gasteiger partial charge in [-0.15, -0.1) is 0 Å². The highest BCUT2D eigenvalue weighted by atomic mass is 32.2. The van der Waals surface area contributed by atoms with E-state index in [0.29, 0.717) is 25.4 Å². The van der Waals surface area contributed by atoms with Crippen molar-refractivity contribution in [3.05, 3.63) is 18.2 Å². The number of rotatable bonds is 6. The number of nitrogens with zero attached hydrogens (tertiary/aromatic N) is 1. The van der Waals surface area contributed by atoms with Crippen LogP contribution in [0.4, 0.5) is 11.4 Å². The van der Waals surface area contributed by atoms with Gasteiger partial charge < -0.3 is 15.4 Å². The molecule has 0 spiro atoms. The van der Waals surface area contributed by atoms with Crippen LogP contribution in [-0.2, 0) is 14.8 Å². The number of ether oxygens (including phenoxy) is 1. The van der Waals surface area contributed by atoms with Crippen molar-refractivity contribution in [1.82, 2.24) is 0 Å². The van der Waals surface area contributed by atoms with Crippen LogP contribution < -0.4 is 15.8 Å². The maximum atomic E-state index is 11.2. The Kier molecular flexibility index (Phi) is 4.94. The average molecular weight is 273 g/mol. The van der Waals surface area contributed by atoms with Crippen LogP contribution in [0, 0.1) is 0 Å². The van der Waals surface area contributed by atoms with Crippen molar-refractivity contribution in [2.45, 2.75) is 11.8 Å². The monoisotopic (exact) mass is 273 g/mol. The van der Waals surface area contributed by atoms with Gasteiger partial charge in [0.2, 0.25) is 10.0 Å². The Morgan fingerprint density at radius 3 is 2.56 bits per heavy atom. The lowest BCUT2D eigenvalue weighted by Gasteiger charge is -2.21. The van der Waals surface area contributed by atoms with Crippen molar-refractivity contribution in [2.75, 3.05) is 37.4 Å². The van der Waals surface area contributed by atoms with Gasteiger partial charge in [-0.25, -0.2) is 13.6 Å². The van der Waals surface area contributed by atoms with Crippen LogP contribution in [0.25, 0.3) is 0 Å². The zero-order chi connectivity index (χ0) is 13.8. The molecule has 0 fully saturated rings. The first-order chi connectivity index (χ1) is 8.36. The lowest BCUT2D eigenvalue weighted by molar-refractivity contribution is 0.154. The SMILES string of the molecule is CCOCCN(C)c1ccc(S(N)(=O)=O)cc1N. The van der Waals surface area contributed by atoms with Crippen molar-refractivity contribution in [1.29, 1.82) is 0 Å². The lowest BCUT2D eigenvalue weighted by Crippen LogP contribution is -2.23. The van der Waals surface area contributed by atoms with Gasteiger partial charge in [-0.2, -0.15) is 0 Å². The average Bonchev–Trinajstić information content (AvgIpc) is 2.27. The molecule has 1 aromatic rings. The molecule has 0 aliphatic heterocycles. The van der Waals surface area contributed by atoms with E-state index in [1.165, 1.54) is 12.1 Å². The Morgan fingerprint density at radius 1 is 1.39 bits per heavy atom. The van der Waals surface area contributed by atoms with Crippen LogP contribution in [0.1, 0.15) is 6.92 Å². The first-order valence-corrected chi connectivity index (χ1v) is 7.12. The maximum absolute atomic E-state index is 11.2. The van der Waals surface area contributed by atoms with Gasteiger partial charge in [0, 0.05) is 20.2 Å². The van der Waals surface area contributed by atoms with Gasteiger partial charge in [-0.05, 0) is 25.1 Å². The zero-order valence-corrected chi connectivity index (χ0v) is 11.4. The molecule has 0 saturated heterocycles. The minimum absolute atomic E-state index is 0.0157. The van der Waals surface area contributed by atoms with E-state index in [4.69, 9.17) is 15.6 Å². The molecular formula is C11H19N3O3S. The van der Waals surface area contributed by atoms with Crippen LogP contribution in [0.5, 0.6) is 0 Å². The summed E-state index contributed by atoms with van der Waals surface area (Å²) < 4.78 is 27.6. The van der Waals surface area contributed by atoms with E-state index in [1.54, 1.807) is 6.07 Å². The van der Waals surface area contributed by atoms with Crippen molar-refractivity contribution >= 4 is 21.4 Å². The first-order valence-electron chi connectivity index (χ1n) is 5.57. The minimum atomic E-state index is -3.71. The number of primary sulfonamides is 1. The molecule has 7 heteroatoms. The molecule has 0 amide bonds. The van der Waals surface area contributed by atoms with Gasteiger partial charge >= 0.3 is 0 Å². The third-order valence-electron chi connectivity index (χ3n) is 2.51. The van der Waals surface area contributed by atoms with Crippen molar-refractivity contribution < 1.29 is 13.2 Å². The van der Waals surface area contributed by atoms with Gasteiger partial charge in [0.25, 0.3) is 0 Å². The minimum Gasteiger partial charge on any atom is -0.397 e. The summed E-state index contributed by atoms with van der Waals surface area (Å²) in [5.41, 5.74) is 6.95. The highest BCUT2D eigenvalue weighted by Crippen LogP contribution is 2.24. The zero-order valence-electron chi connectivity index (χ0n) is 10.6. The summed E-state index contributed by atoms with van der Waals surface area (Å²) in [7, 11) is -1.85. The van der Waals surface area contributed by atoms with E-state index >= 15 is 0 Å². The maximum Gasteiger partial charge on any atom is 0.238 e. The summed E-state index contributed by atoms with van der Waals surface area (Å²) >= 11 is 0. The van der Waals surface area contributed by atoms with E-state index in [2.05, 4.69) is 0 Å². The summed E-state index contributed by atoms with van der Waals surface area (Å²) in [6.07, 6.45) is 0. The number of sulfonamides is 1. The van der Waals surface area contributed by atoms with Crippen LogP contribution in [0.2, 0.25) is 0 Å². The molecule has 0 atom stereocenters. The molecule has 0 heterocycles. The molecule has 0 bridgehead atoms. The number of anilines is 2. The third kappa shape index (κ3) is 3.86. The van der Waals surface area contributed by atoms with E-state index in [9.17, 15) is 8.42 Å². The molecule has 102 valence electrons. The molecule has 18 heavy (non-hydrogen) atoms.